The summed E-state index contributed by atoms with van der Waals surface area (Å²) in [6, 6.07) is 7.14. The van der Waals surface area contributed by atoms with Crippen molar-refractivity contribution in [3.63, 3.8) is 0 Å². The molecule has 20 heavy (non-hydrogen) atoms. The number of amides is 1. The first-order chi connectivity index (χ1) is 9.56. The zero-order chi connectivity index (χ0) is 14.6. The van der Waals surface area contributed by atoms with Crippen LogP contribution in [0.4, 0.5) is 0 Å². The largest absolute Gasteiger partial charge is 0.389 e. The molecule has 1 amide bonds. The van der Waals surface area contributed by atoms with Crippen LogP contribution < -0.4 is 11.1 Å². The standard InChI is InChI=1S/C16H22N2OS/c1-2-16(9-3-4-10-16)11-18-15(19)13-7-5-12(6-8-13)14(17)20/h5-8H,2-4,9-11H2,1H3,(H2,17,20)(H,18,19). The Labute approximate surface area is 125 Å². The van der Waals surface area contributed by atoms with E-state index in [1.165, 1.54) is 25.7 Å². The molecule has 3 N–H and O–H groups in total. The second kappa shape index (κ2) is 6.35. The first-order valence-electron chi connectivity index (χ1n) is 7.24. The first kappa shape index (κ1) is 15.0. The van der Waals surface area contributed by atoms with Crippen molar-refractivity contribution in [1.82, 2.24) is 5.32 Å². The first-order valence-corrected chi connectivity index (χ1v) is 7.65. The van der Waals surface area contributed by atoms with Crippen LogP contribution in [0.15, 0.2) is 24.3 Å². The van der Waals surface area contributed by atoms with Gasteiger partial charge in [0.15, 0.2) is 0 Å². The number of nitrogens with one attached hydrogen (secondary N) is 1. The molecule has 0 unspecified atom stereocenters. The Morgan fingerprint density at radius 2 is 1.80 bits per heavy atom. The third-order valence-corrected chi connectivity index (χ3v) is 4.71. The van der Waals surface area contributed by atoms with Gasteiger partial charge in [-0.25, -0.2) is 0 Å². The fourth-order valence-corrected chi connectivity index (χ4v) is 3.07. The molecule has 1 aliphatic rings. The molecule has 1 aromatic rings. The van der Waals surface area contributed by atoms with E-state index in [0.717, 1.165) is 18.5 Å². The second-order valence-electron chi connectivity index (χ2n) is 5.68. The van der Waals surface area contributed by atoms with Gasteiger partial charge in [0.1, 0.15) is 4.99 Å². The van der Waals surface area contributed by atoms with E-state index in [4.69, 9.17) is 18.0 Å². The van der Waals surface area contributed by atoms with Gasteiger partial charge in [-0.3, -0.25) is 4.79 Å². The normalized spacial score (nSPS) is 16.9. The van der Waals surface area contributed by atoms with Gasteiger partial charge in [-0.2, -0.15) is 0 Å². The summed E-state index contributed by atoms with van der Waals surface area (Å²) in [6.45, 7) is 2.99. The van der Waals surface area contributed by atoms with Gasteiger partial charge in [0, 0.05) is 17.7 Å². The maximum atomic E-state index is 12.2. The maximum absolute atomic E-state index is 12.2. The van der Waals surface area contributed by atoms with E-state index in [1.807, 2.05) is 0 Å². The van der Waals surface area contributed by atoms with Gasteiger partial charge in [0.25, 0.3) is 5.91 Å². The van der Waals surface area contributed by atoms with E-state index >= 15 is 0 Å². The Hall–Kier alpha value is -1.42. The molecule has 0 bridgehead atoms. The highest BCUT2D eigenvalue weighted by Crippen LogP contribution is 2.40. The molecule has 1 aliphatic carbocycles. The summed E-state index contributed by atoms with van der Waals surface area (Å²) >= 11 is 4.90. The molecule has 0 radical (unpaired) electrons. The minimum Gasteiger partial charge on any atom is -0.389 e. The Bertz CT molecular complexity index is 490. The maximum Gasteiger partial charge on any atom is 0.251 e. The highest BCUT2D eigenvalue weighted by atomic mass is 32.1. The SMILES string of the molecule is CCC1(CNC(=O)c2ccc(C(N)=S)cc2)CCCC1. The average molecular weight is 290 g/mol. The Balaban J connectivity index is 1.96. The number of thiocarbonyl (C=S) groups is 1. The number of carbonyl (C=O) groups excluding carboxylic acids is 1. The molecule has 0 atom stereocenters. The summed E-state index contributed by atoms with van der Waals surface area (Å²) in [4.78, 5) is 12.5. The summed E-state index contributed by atoms with van der Waals surface area (Å²) in [5.41, 5.74) is 7.31. The monoisotopic (exact) mass is 290 g/mol. The van der Waals surface area contributed by atoms with Crippen molar-refractivity contribution in [3.05, 3.63) is 35.4 Å². The summed E-state index contributed by atoms with van der Waals surface area (Å²) in [5.74, 6) is -0.0146. The van der Waals surface area contributed by atoms with Crippen LogP contribution in [0.1, 0.15) is 54.9 Å². The molecule has 0 aliphatic heterocycles. The van der Waals surface area contributed by atoms with Gasteiger partial charge in [-0.15, -0.1) is 0 Å². The fourth-order valence-electron chi connectivity index (χ4n) is 2.94. The van der Waals surface area contributed by atoms with Gasteiger partial charge < -0.3 is 11.1 Å². The lowest BCUT2D eigenvalue weighted by atomic mass is 9.83. The Kier molecular flexibility index (Phi) is 4.76. The van der Waals surface area contributed by atoms with Crippen molar-refractivity contribution < 1.29 is 4.79 Å². The molecule has 3 nitrogen and oxygen atoms in total. The number of benzene rings is 1. The van der Waals surface area contributed by atoms with E-state index in [-0.39, 0.29) is 5.91 Å². The predicted molar refractivity (Wildman–Crippen MR) is 85.9 cm³/mol. The second-order valence-corrected chi connectivity index (χ2v) is 6.12. The Morgan fingerprint density at radius 3 is 2.30 bits per heavy atom. The lowest BCUT2D eigenvalue weighted by Crippen LogP contribution is -2.35. The third-order valence-electron chi connectivity index (χ3n) is 4.47. The van der Waals surface area contributed by atoms with Crippen molar-refractivity contribution in [2.24, 2.45) is 11.1 Å². The van der Waals surface area contributed by atoms with Gasteiger partial charge >= 0.3 is 0 Å². The van der Waals surface area contributed by atoms with Gasteiger partial charge in [0.05, 0.1) is 0 Å². The van der Waals surface area contributed by atoms with Crippen LogP contribution in [0.5, 0.6) is 0 Å². The highest BCUT2D eigenvalue weighted by molar-refractivity contribution is 7.80. The predicted octanol–water partition coefficient (Wildman–Crippen LogP) is 3.02. The molecule has 1 saturated carbocycles. The number of hydrogen-bond donors (Lipinski definition) is 2. The van der Waals surface area contributed by atoms with Gasteiger partial charge in [-0.05, 0) is 36.8 Å². The molecule has 108 valence electrons. The van der Waals surface area contributed by atoms with E-state index in [0.29, 0.717) is 16.0 Å². The van der Waals surface area contributed by atoms with E-state index in [9.17, 15) is 4.79 Å². The topological polar surface area (TPSA) is 55.1 Å². The van der Waals surface area contributed by atoms with Crippen LogP contribution in [-0.4, -0.2) is 17.4 Å². The van der Waals surface area contributed by atoms with Crippen molar-refractivity contribution in [3.8, 4) is 0 Å². The van der Waals surface area contributed by atoms with Crippen molar-refractivity contribution in [2.45, 2.75) is 39.0 Å². The highest BCUT2D eigenvalue weighted by Gasteiger charge is 2.32. The van der Waals surface area contributed by atoms with Crippen LogP contribution in [-0.2, 0) is 0 Å². The zero-order valence-electron chi connectivity index (χ0n) is 11.9. The van der Waals surface area contributed by atoms with Crippen LogP contribution in [0.3, 0.4) is 0 Å². The minimum atomic E-state index is -0.0146. The molecular formula is C16H22N2OS. The number of rotatable bonds is 5. The molecule has 1 aromatic carbocycles. The summed E-state index contributed by atoms with van der Waals surface area (Å²) in [7, 11) is 0. The number of hydrogen-bond acceptors (Lipinski definition) is 2. The molecule has 0 heterocycles. The zero-order valence-corrected chi connectivity index (χ0v) is 12.8. The average Bonchev–Trinajstić information content (AvgIpc) is 2.94. The van der Waals surface area contributed by atoms with Gasteiger partial charge in [0.2, 0.25) is 0 Å². The molecule has 1 fully saturated rings. The van der Waals surface area contributed by atoms with E-state index < -0.39 is 0 Å². The quantitative estimate of drug-likeness (QED) is 0.820. The molecule has 0 aromatic heterocycles. The number of nitrogens with two attached hydrogens (primary N) is 1. The summed E-state index contributed by atoms with van der Waals surface area (Å²) in [6.07, 6.45) is 6.15. The minimum absolute atomic E-state index is 0.0146. The van der Waals surface area contributed by atoms with Crippen molar-refractivity contribution in [2.75, 3.05) is 6.54 Å². The molecule has 2 rings (SSSR count). The van der Waals surface area contributed by atoms with Gasteiger partial charge in [-0.1, -0.05) is 44.1 Å². The summed E-state index contributed by atoms with van der Waals surface area (Å²) < 4.78 is 0. The van der Waals surface area contributed by atoms with E-state index in [2.05, 4.69) is 12.2 Å². The van der Waals surface area contributed by atoms with Crippen LogP contribution >= 0.6 is 12.2 Å². The molecular weight excluding hydrogens is 268 g/mol. The smallest absolute Gasteiger partial charge is 0.251 e. The Morgan fingerprint density at radius 1 is 1.25 bits per heavy atom. The lowest BCUT2D eigenvalue weighted by molar-refractivity contribution is 0.0929. The molecule has 0 saturated heterocycles. The molecule has 4 heteroatoms. The third kappa shape index (κ3) is 3.37. The lowest BCUT2D eigenvalue weighted by Gasteiger charge is -2.27. The van der Waals surface area contributed by atoms with Crippen molar-refractivity contribution in [1.29, 1.82) is 0 Å². The fraction of sp³-hybridized carbons (Fsp3) is 0.500. The summed E-state index contributed by atoms with van der Waals surface area (Å²) in [5, 5.41) is 3.08. The van der Waals surface area contributed by atoms with E-state index in [1.54, 1.807) is 24.3 Å². The van der Waals surface area contributed by atoms with Crippen LogP contribution in [0.25, 0.3) is 0 Å². The number of carbonyl (C=O) groups is 1. The van der Waals surface area contributed by atoms with Crippen molar-refractivity contribution >= 4 is 23.1 Å². The molecule has 0 spiro atoms. The van der Waals surface area contributed by atoms with Crippen LogP contribution in [0.2, 0.25) is 0 Å². The van der Waals surface area contributed by atoms with Crippen LogP contribution in [0, 0.1) is 5.41 Å².